The van der Waals surface area contributed by atoms with Crippen molar-refractivity contribution in [2.45, 2.75) is 33.4 Å². The van der Waals surface area contributed by atoms with Gasteiger partial charge >= 0.3 is 0 Å². The van der Waals surface area contributed by atoms with Gasteiger partial charge in [0, 0.05) is 41.9 Å². The molecule has 0 bridgehead atoms. The third kappa shape index (κ3) is 3.83. The first kappa shape index (κ1) is 20.2. The molecule has 0 radical (unpaired) electrons. The zero-order chi connectivity index (χ0) is 21.3. The predicted molar refractivity (Wildman–Crippen MR) is 117 cm³/mol. The number of benzene rings is 2. The Morgan fingerprint density at radius 3 is 2.53 bits per heavy atom. The highest BCUT2D eigenvalue weighted by Gasteiger charge is 2.23. The Morgan fingerprint density at radius 1 is 1.07 bits per heavy atom. The van der Waals surface area contributed by atoms with Gasteiger partial charge in [0.15, 0.2) is 0 Å². The van der Waals surface area contributed by atoms with Crippen LogP contribution in [0.2, 0.25) is 0 Å². The Hall–Kier alpha value is -3.12. The van der Waals surface area contributed by atoms with E-state index in [1.54, 1.807) is 14.2 Å². The van der Waals surface area contributed by atoms with Crippen molar-refractivity contribution in [1.29, 1.82) is 0 Å². The number of nitrogens with one attached hydrogen (secondary N) is 1. The molecule has 0 saturated heterocycles. The minimum absolute atomic E-state index is 0.0342. The Labute approximate surface area is 176 Å². The first-order chi connectivity index (χ1) is 14.5. The number of rotatable bonds is 5. The van der Waals surface area contributed by atoms with E-state index in [0.29, 0.717) is 18.8 Å². The summed E-state index contributed by atoms with van der Waals surface area (Å²) in [4.78, 5) is 22.7. The molecule has 1 aromatic heterocycles. The number of H-pyrrole nitrogens is 1. The summed E-state index contributed by atoms with van der Waals surface area (Å²) in [5.41, 5.74) is 5.80. The van der Waals surface area contributed by atoms with Gasteiger partial charge in [-0.25, -0.2) is 4.98 Å². The smallest absolute Gasteiger partial charge is 0.254 e. The lowest BCUT2D eigenvalue weighted by molar-refractivity contribution is 0.236. The highest BCUT2D eigenvalue weighted by molar-refractivity contribution is 5.55. The van der Waals surface area contributed by atoms with Crippen LogP contribution in [0, 0.1) is 13.8 Å². The molecule has 2 heterocycles. The summed E-state index contributed by atoms with van der Waals surface area (Å²) >= 11 is 0. The number of aromatic amines is 1. The van der Waals surface area contributed by atoms with Gasteiger partial charge in [-0.2, -0.15) is 0 Å². The van der Waals surface area contributed by atoms with Crippen LogP contribution in [-0.4, -0.2) is 35.6 Å². The molecule has 1 aliphatic heterocycles. The first-order valence-corrected chi connectivity index (χ1v) is 10.1. The fraction of sp³-hybridized carbons (Fsp3) is 0.333. The topological polar surface area (TPSA) is 67.5 Å². The van der Waals surface area contributed by atoms with Crippen molar-refractivity contribution in [2.75, 3.05) is 20.8 Å². The Bertz CT molecular complexity index is 1120. The van der Waals surface area contributed by atoms with Gasteiger partial charge < -0.3 is 14.5 Å². The van der Waals surface area contributed by atoms with Crippen LogP contribution in [0.1, 0.15) is 27.9 Å². The monoisotopic (exact) mass is 405 g/mol. The van der Waals surface area contributed by atoms with Crippen molar-refractivity contribution < 1.29 is 9.47 Å². The van der Waals surface area contributed by atoms with Crippen molar-refractivity contribution in [3.63, 3.8) is 0 Å². The molecule has 4 rings (SSSR count). The van der Waals surface area contributed by atoms with Crippen molar-refractivity contribution >= 4 is 0 Å². The van der Waals surface area contributed by atoms with Gasteiger partial charge in [-0.05, 0) is 26.3 Å². The summed E-state index contributed by atoms with van der Waals surface area (Å²) in [7, 11) is 3.35. The van der Waals surface area contributed by atoms with E-state index in [0.717, 1.165) is 52.5 Å². The average molecular weight is 405 g/mol. The maximum absolute atomic E-state index is 12.7. The number of nitrogens with zero attached hydrogens (tertiary/aromatic N) is 2. The number of hydrogen-bond donors (Lipinski definition) is 1. The third-order valence-electron chi connectivity index (χ3n) is 5.73. The predicted octanol–water partition coefficient (Wildman–Crippen LogP) is 3.63. The highest BCUT2D eigenvalue weighted by atomic mass is 16.5. The fourth-order valence-electron chi connectivity index (χ4n) is 4.08. The van der Waals surface area contributed by atoms with E-state index in [2.05, 4.69) is 9.88 Å². The number of ether oxygens (including phenoxy) is 2. The summed E-state index contributed by atoms with van der Waals surface area (Å²) < 4.78 is 11.1. The summed E-state index contributed by atoms with van der Waals surface area (Å²) in [5, 5.41) is 0. The maximum Gasteiger partial charge on any atom is 0.254 e. The van der Waals surface area contributed by atoms with Crippen LogP contribution < -0.4 is 15.0 Å². The first-order valence-electron chi connectivity index (χ1n) is 10.1. The zero-order valence-electron chi connectivity index (χ0n) is 17.9. The number of fused-ring (bicyclic) bond motifs is 1. The molecule has 0 aliphatic carbocycles. The molecule has 30 heavy (non-hydrogen) atoms. The van der Waals surface area contributed by atoms with E-state index in [-0.39, 0.29) is 5.56 Å². The van der Waals surface area contributed by atoms with Crippen molar-refractivity contribution in [3.05, 3.63) is 74.7 Å². The number of methoxy groups -OCH3 is 2. The quantitative estimate of drug-likeness (QED) is 0.702. The molecule has 156 valence electrons. The van der Waals surface area contributed by atoms with Crippen LogP contribution >= 0.6 is 0 Å². The second-order valence-corrected chi connectivity index (χ2v) is 7.75. The highest BCUT2D eigenvalue weighted by Crippen LogP contribution is 2.32. The van der Waals surface area contributed by atoms with Crippen molar-refractivity contribution in [1.82, 2.24) is 14.9 Å². The Kier molecular flexibility index (Phi) is 5.59. The maximum atomic E-state index is 12.7. The van der Waals surface area contributed by atoms with E-state index < -0.39 is 0 Å². The molecule has 0 atom stereocenters. The minimum Gasteiger partial charge on any atom is -0.496 e. The van der Waals surface area contributed by atoms with Crippen LogP contribution in [0.25, 0.3) is 11.4 Å². The fourth-order valence-corrected chi connectivity index (χ4v) is 4.08. The second-order valence-electron chi connectivity index (χ2n) is 7.75. The van der Waals surface area contributed by atoms with Gasteiger partial charge in [-0.3, -0.25) is 9.69 Å². The molecular weight excluding hydrogens is 378 g/mol. The molecule has 0 unspecified atom stereocenters. The molecular formula is C24H27N3O3. The van der Waals surface area contributed by atoms with Crippen LogP contribution in [-0.2, 0) is 19.5 Å². The molecule has 3 aromatic rings. The number of hydrogen-bond acceptors (Lipinski definition) is 5. The van der Waals surface area contributed by atoms with Gasteiger partial charge in [0.05, 0.1) is 19.9 Å². The van der Waals surface area contributed by atoms with Crippen LogP contribution in [0.5, 0.6) is 11.5 Å². The summed E-state index contributed by atoms with van der Waals surface area (Å²) in [6.07, 6.45) is 0.684. The van der Waals surface area contributed by atoms with Crippen LogP contribution in [0.15, 0.2) is 41.2 Å². The van der Waals surface area contributed by atoms with E-state index >= 15 is 0 Å². The third-order valence-corrected chi connectivity index (χ3v) is 5.73. The van der Waals surface area contributed by atoms with Gasteiger partial charge in [-0.1, -0.05) is 35.9 Å². The van der Waals surface area contributed by atoms with Crippen LogP contribution in [0.4, 0.5) is 0 Å². The lowest BCUT2D eigenvalue weighted by atomic mass is 10.0. The minimum atomic E-state index is -0.0342. The van der Waals surface area contributed by atoms with Gasteiger partial charge in [0.1, 0.15) is 17.3 Å². The summed E-state index contributed by atoms with van der Waals surface area (Å²) in [6, 6.07) is 12.1. The average Bonchev–Trinajstić information content (AvgIpc) is 2.74. The second kappa shape index (κ2) is 8.32. The molecule has 1 aliphatic rings. The van der Waals surface area contributed by atoms with Crippen molar-refractivity contribution in [3.8, 4) is 22.9 Å². The van der Waals surface area contributed by atoms with E-state index in [9.17, 15) is 4.79 Å². The Morgan fingerprint density at radius 2 is 1.83 bits per heavy atom. The zero-order valence-corrected chi connectivity index (χ0v) is 17.9. The summed E-state index contributed by atoms with van der Waals surface area (Å²) in [5.74, 6) is 2.29. The number of aromatic nitrogens is 2. The van der Waals surface area contributed by atoms with Gasteiger partial charge in [-0.15, -0.1) is 0 Å². The molecule has 6 heteroatoms. The van der Waals surface area contributed by atoms with Crippen LogP contribution in [0.3, 0.4) is 0 Å². The largest absolute Gasteiger partial charge is 0.496 e. The molecule has 6 nitrogen and oxygen atoms in total. The lowest BCUT2D eigenvalue weighted by Gasteiger charge is -2.28. The molecule has 2 aromatic carbocycles. The summed E-state index contributed by atoms with van der Waals surface area (Å²) in [6.45, 7) is 6.20. The van der Waals surface area contributed by atoms with E-state index in [1.807, 2.05) is 50.2 Å². The molecule has 0 saturated carbocycles. The standard InChI is InChI=1S/C24H27N3O3/c1-15-5-7-17(8-6-15)23-25-20-14-27(12-11-19(20)24(28)26-23)13-18-9-10-21(29-3)16(2)22(18)30-4/h5-10H,11-14H2,1-4H3,(H,25,26,28). The molecule has 0 amide bonds. The SMILES string of the molecule is COc1ccc(CN2CCc3c(nc(-c4ccc(C)cc4)[nH]c3=O)C2)c(OC)c1C. The lowest BCUT2D eigenvalue weighted by Crippen LogP contribution is -2.35. The van der Waals surface area contributed by atoms with E-state index in [4.69, 9.17) is 14.5 Å². The number of aryl methyl sites for hydroxylation is 1. The Balaban J connectivity index is 1.61. The van der Waals surface area contributed by atoms with Crippen molar-refractivity contribution in [2.24, 2.45) is 0 Å². The molecule has 1 N–H and O–H groups in total. The molecule has 0 spiro atoms. The molecule has 0 fully saturated rings. The normalized spacial score (nSPS) is 13.7. The van der Waals surface area contributed by atoms with Gasteiger partial charge in [0.25, 0.3) is 5.56 Å². The van der Waals surface area contributed by atoms with Gasteiger partial charge in [0.2, 0.25) is 0 Å². The van der Waals surface area contributed by atoms with E-state index in [1.165, 1.54) is 5.56 Å².